The number of benzene rings is 2. The molecule has 1 fully saturated rings. The van der Waals surface area contributed by atoms with Crippen LogP contribution in [0.25, 0.3) is 0 Å². The standard InChI is InChI=1S/C22H29N3O4S/c1-4-24(17-18-5-9-20(10-6-18)23(2)3)22(26)19-7-11-21(12-8-19)30(27,28)25-13-15-29-16-14-25/h5-12H,4,13-17H2,1-3H3. The van der Waals surface area contributed by atoms with Gasteiger partial charge in [0.2, 0.25) is 10.0 Å². The van der Waals surface area contributed by atoms with Crippen molar-refractivity contribution in [3.8, 4) is 0 Å². The van der Waals surface area contributed by atoms with E-state index in [1.165, 1.54) is 16.4 Å². The highest BCUT2D eigenvalue weighted by molar-refractivity contribution is 7.89. The number of sulfonamides is 1. The summed E-state index contributed by atoms with van der Waals surface area (Å²) < 4.78 is 32.1. The number of hydrogen-bond donors (Lipinski definition) is 0. The van der Waals surface area contributed by atoms with Crippen LogP contribution in [0.4, 0.5) is 5.69 Å². The van der Waals surface area contributed by atoms with Crippen molar-refractivity contribution in [2.75, 3.05) is 51.8 Å². The monoisotopic (exact) mass is 431 g/mol. The summed E-state index contributed by atoms with van der Waals surface area (Å²) in [6.45, 7) is 4.48. The Labute approximate surface area is 178 Å². The van der Waals surface area contributed by atoms with Crippen LogP contribution in [0, 0.1) is 0 Å². The maximum atomic E-state index is 13.0. The number of rotatable bonds is 7. The van der Waals surface area contributed by atoms with Gasteiger partial charge in [-0.2, -0.15) is 4.31 Å². The van der Waals surface area contributed by atoms with E-state index in [4.69, 9.17) is 4.74 Å². The molecule has 2 aromatic rings. The zero-order valence-corrected chi connectivity index (χ0v) is 18.6. The summed E-state index contributed by atoms with van der Waals surface area (Å²) >= 11 is 0. The highest BCUT2D eigenvalue weighted by Crippen LogP contribution is 2.19. The Morgan fingerprint density at radius 3 is 2.13 bits per heavy atom. The van der Waals surface area contributed by atoms with Crippen LogP contribution in [0.5, 0.6) is 0 Å². The van der Waals surface area contributed by atoms with Crippen molar-refractivity contribution in [1.29, 1.82) is 0 Å². The first-order valence-corrected chi connectivity index (χ1v) is 11.5. The van der Waals surface area contributed by atoms with Crippen molar-refractivity contribution >= 4 is 21.6 Å². The molecule has 7 nitrogen and oxygen atoms in total. The van der Waals surface area contributed by atoms with Crippen molar-refractivity contribution in [3.63, 3.8) is 0 Å². The lowest BCUT2D eigenvalue weighted by molar-refractivity contribution is 0.0730. The van der Waals surface area contributed by atoms with Gasteiger partial charge in [0, 0.05) is 51.5 Å². The van der Waals surface area contributed by atoms with Gasteiger partial charge in [0.25, 0.3) is 5.91 Å². The second kappa shape index (κ2) is 9.59. The fourth-order valence-electron chi connectivity index (χ4n) is 3.34. The maximum Gasteiger partial charge on any atom is 0.254 e. The van der Waals surface area contributed by atoms with Gasteiger partial charge in [-0.1, -0.05) is 12.1 Å². The molecular weight excluding hydrogens is 402 g/mol. The van der Waals surface area contributed by atoms with Crippen molar-refractivity contribution < 1.29 is 17.9 Å². The molecule has 0 radical (unpaired) electrons. The minimum Gasteiger partial charge on any atom is -0.379 e. The molecule has 8 heteroatoms. The molecule has 2 aromatic carbocycles. The third-order valence-electron chi connectivity index (χ3n) is 5.20. The van der Waals surface area contributed by atoms with Crippen molar-refractivity contribution in [3.05, 3.63) is 59.7 Å². The van der Waals surface area contributed by atoms with E-state index < -0.39 is 10.0 Å². The van der Waals surface area contributed by atoms with Gasteiger partial charge in [0.1, 0.15) is 0 Å². The van der Waals surface area contributed by atoms with Crippen LogP contribution in [0.3, 0.4) is 0 Å². The summed E-state index contributed by atoms with van der Waals surface area (Å²) in [4.78, 5) is 16.9. The van der Waals surface area contributed by atoms with Crippen LogP contribution in [-0.4, -0.2) is 70.5 Å². The largest absolute Gasteiger partial charge is 0.379 e. The molecule has 0 unspecified atom stereocenters. The number of nitrogens with zero attached hydrogens (tertiary/aromatic N) is 3. The quantitative estimate of drug-likeness (QED) is 0.674. The molecule has 1 aliphatic heterocycles. The predicted octanol–water partition coefficient (Wildman–Crippen LogP) is 2.44. The average Bonchev–Trinajstić information content (AvgIpc) is 2.78. The SMILES string of the molecule is CCN(Cc1ccc(N(C)C)cc1)C(=O)c1ccc(S(=O)(=O)N2CCOCC2)cc1. The molecule has 0 aliphatic carbocycles. The number of morpholine rings is 1. The van der Waals surface area contributed by atoms with Crippen molar-refractivity contribution in [1.82, 2.24) is 9.21 Å². The van der Waals surface area contributed by atoms with Gasteiger partial charge in [0.15, 0.2) is 0 Å². The first-order chi connectivity index (χ1) is 14.3. The molecule has 1 amide bonds. The molecular formula is C22H29N3O4S. The van der Waals surface area contributed by atoms with Gasteiger partial charge in [-0.05, 0) is 48.9 Å². The number of carbonyl (C=O) groups excluding carboxylic acids is 1. The van der Waals surface area contributed by atoms with Gasteiger partial charge in [-0.3, -0.25) is 4.79 Å². The summed E-state index contributed by atoms with van der Waals surface area (Å²) in [5.74, 6) is -0.121. The summed E-state index contributed by atoms with van der Waals surface area (Å²) in [6.07, 6.45) is 0. The third kappa shape index (κ3) is 5.00. The molecule has 1 heterocycles. The summed E-state index contributed by atoms with van der Waals surface area (Å²) in [6, 6.07) is 14.3. The molecule has 0 spiro atoms. The van der Waals surface area contributed by atoms with Crippen molar-refractivity contribution in [2.45, 2.75) is 18.4 Å². The normalized spacial score (nSPS) is 15.0. The molecule has 0 N–H and O–H groups in total. The number of anilines is 1. The lowest BCUT2D eigenvalue weighted by atomic mass is 10.1. The van der Waals surface area contributed by atoms with Gasteiger partial charge in [-0.25, -0.2) is 8.42 Å². The van der Waals surface area contributed by atoms with Crippen LogP contribution < -0.4 is 4.90 Å². The smallest absolute Gasteiger partial charge is 0.254 e. The van der Waals surface area contributed by atoms with Crippen LogP contribution in [0.2, 0.25) is 0 Å². The minimum atomic E-state index is -3.57. The number of hydrogen-bond acceptors (Lipinski definition) is 5. The average molecular weight is 432 g/mol. The third-order valence-corrected chi connectivity index (χ3v) is 7.12. The van der Waals surface area contributed by atoms with Gasteiger partial charge >= 0.3 is 0 Å². The van der Waals surface area contributed by atoms with E-state index in [0.717, 1.165) is 11.3 Å². The zero-order valence-electron chi connectivity index (χ0n) is 17.7. The Kier molecular flexibility index (Phi) is 7.12. The Morgan fingerprint density at radius 2 is 1.60 bits per heavy atom. The molecule has 0 bridgehead atoms. The van der Waals surface area contributed by atoms with Gasteiger partial charge in [0.05, 0.1) is 18.1 Å². The molecule has 162 valence electrons. The van der Waals surface area contributed by atoms with E-state index in [9.17, 15) is 13.2 Å². The highest BCUT2D eigenvalue weighted by Gasteiger charge is 2.26. The predicted molar refractivity (Wildman–Crippen MR) is 117 cm³/mol. The lowest BCUT2D eigenvalue weighted by Gasteiger charge is -2.26. The minimum absolute atomic E-state index is 0.121. The first kappa shape index (κ1) is 22.3. The van der Waals surface area contributed by atoms with E-state index in [2.05, 4.69) is 0 Å². The van der Waals surface area contributed by atoms with Crippen LogP contribution in [-0.2, 0) is 21.3 Å². The Hall–Kier alpha value is -2.42. The maximum absolute atomic E-state index is 13.0. The summed E-state index contributed by atoms with van der Waals surface area (Å²) in [7, 11) is 0.406. The van der Waals surface area contributed by atoms with E-state index >= 15 is 0 Å². The number of carbonyl (C=O) groups is 1. The zero-order chi connectivity index (χ0) is 21.7. The molecule has 3 rings (SSSR count). The molecule has 1 saturated heterocycles. The fourth-order valence-corrected chi connectivity index (χ4v) is 4.74. The molecule has 1 aliphatic rings. The summed E-state index contributed by atoms with van der Waals surface area (Å²) in [5.41, 5.74) is 2.62. The molecule has 0 aromatic heterocycles. The first-order valence-electron chi connectivity index (χ1n) is 10.1. The Morgan fingerprint density at radius 1 is 1.00 bits per heavy atom. The molecule has 30 heavy (non-hydrogen) atoms. The van der Waals surface area contributed by atoms with E-state index in [-0.39, 0.29) is 10.8 Å². The summed E-state index contributed by atoms with van der Waals surface area (Å²) in [5, 5.41) is 0. The second-order valence-corrected chi connectivity index (χ2v) is 9.36. The number of ether oxygens (including phenoxy) is 1. The molecule has 0 saturated carbocycles. The number of amides is 1. The second-order valence-electron chi connectivity index (χ2n) is 7.42. The lowest BCUT2D eigenvalue weighted by Crippen LogP contribution is -2.40. The molecule has 0 atom stereocenters. The highest BCUT2D eigenvalue weighted by atomic mass is 32.2. The van der Waals surface area contributed by atoms with Crippen LogP contribution >= 0.6 is 0 Å². The van der Waals surface area contributed by atoms with Gasteiger partial charge < -0.3 is 14.5 Å². The topological polar surface area (TPSA) is 70.2 Å². The van der Waals surface area contributed by atoms with Crippen molar-refractivity contribution in [2.24, 2.45) is 0 Å². The Bertz CT molecular complexity index is 951. The van der Waals surface area contributed by atoms with E-state index in [0.29, 0.717) is 45.0 Å². The Balaban J connectivity index is 1.71. The fraction of sp³-hybridized carbons (Fsp3) is 0.409. The van der Waals surface area contributed by atoms with Crippen LogP contribution in [0.15, 0.2) is 53.4 Å². The van der Waals surface area contributed by atoms with Crippen LogP contribution in [0.1, 0.15) is 22.8 Å². The van der Waals surface area contributed by atoms with E-state index in [1.54, 1.807) is 17.0 Å². The van der Waals surface area contributed by atoms with E-state index in [1.807, 2.05) is 50.2 Å². The van der Waals surface area contributed by atoms with Gasteiger partial charge in [-0.15, -0.1) is 0 Å².